The Morgan fingerprint density at radius 2 is 1.94 bits per heavy atom. The van der Waals surface area contributed by atoms with E-state index in [0.29, 0.717) is 6.04 Å². The van der Waals surface area contributed by atoms with E-state index in [1.807, 2.05) is 7.05 Å². The standard InChI is InChI=1S/C12H20N2O3/c1-14-7-6-10(11(14)15)13-9-4-2-8(3-5-9)12(16)17/h8-10,13H,2-7H2,1H3,(H,16,17). The van der Waals surface area contributed by atoms with Gasteiger partial charge in [0.15, 0.2) is 0 Å². The molecular formula is C12H20N2O3. The van der Waals surface area contributed by atoms with E-state index in [4.69, 9.17) is 5.11 Å². The summed E-state index contributed by atoms with van der Waals surface area (Å²) in [5.74, 6) is -0.694. The molecule has 2 fully saturated rings. The van der Waals surface area contributed by atoms with E-state index in [-0.39, 0.29) is 17.9 Å². The molecule has 5 nitrogen and oxygen atoms in total. The molecule has 0 aromatic rings. The van der Waals surface area contributed by atoms with Gasteiger partial charge in [-0.3, -0.25) is 9.59 Å². The van der Waals surface area contributed by atoms with Gasteiger partial charge in [-0.2, -0.15) is 0 Å². The van der Waals surface area contributed by atoms with Crippen molar-refractivity contribution in [2.24, 2.45) is 5.92 Å². The Morgan fingerprint density at radius 3 is 2.41 bits per heavy atom. The molecule has 2 N–H and O–H groups in total. The van der Waals surface area contributed by atoms with E-state index in [1.165, 1.54) is 0 Å². The third-order valence-corrected chi connectivity index (χ3v) is 3.94. The Kier molecular flexibility index (Phi) is 3.66. The minimum absolute atomic E-state index is 0.0496. The summed E-state index contributed by atoms with van der Waals surface area (Å²) in [5.41, 5.74) is 0. The normalized spacial score (nSPS) is 34.1. The molecule has 1 saturated carbocycles. The van der Waals surface area contributed by atoms with Gasteiger partial charge in [-0.1, -0.05) is 0 Å². The fourth-order valence-electron chi connectivity index (χ4n) is 2.77. The molecule has 0 radical (unpaired) electrons. The highest BCUT2D eigenvalue weighted by molar-refractivity contribution is 5.83. The van der Waals surface area contributed by atoms with Crippen molar-refractivity contribution in [3.8, 4) is 0 Å². The van der Waals surface area contributed by atoms with Crippen molar-refractivity contribution in [1.82, 2.24) is 10.2 Å². The molecule has 1 saturated heterocycles. The number of aliphatic carboxylic acids is 1. The number of hydrogen-bond donors (Lipinski definition) is 2. The Balaban J connectivity index is 1.79. The summed E-state index contributed by atoms with van der Waals surface area (Å²) in [7, 11) is 1.82. The molecule has 0 spiro atoms. The van der Waals surface area contributed by atoms with Crippen molar-refractivity contribution >= 4 is 11.9 Å². The highest BCUT2D eigenvalue weighted by Gasteiger charge is 2.33. The third kappa shape index (κ3) is 2.77. The zero-order valence-corrected chi connectivity index (χ0v) is 10.2. The van der Waals surface area contributed by atoms with Crippen LogP contribution in [-0.2, 0) is 9.59 Å². The molecule has 1 aliphatic carbocycles. The first-order valence-electron chi connectivity index (χ1n) is 6.31. The third-order valence-electron chi connectivity index (χ3n) is 3.94. The van der Waals surface area contributed by atoms with Crippen LogP contribution in [0.1, 0.15) is 32.1 Å². The lowest BCUT2D eigenvalue weighted by atomic mass is 9.86. The van der Waals surface area contributed by atoms with Crippen LogP contribution in [0.3, 0.4) is 0 Å². The van der Waals surface area contributed by atoms with Crippen molar-refractivity contribution in [2.45, 2.75) is 44.2 Å². The van der Waals surface area contributed by atoms with Gasteiger partial charge >= 0.3 is 5.97 Å². The van der Waals surface area contributed by atoms with E-state index in [9.17, 15) is 9.59 Å². The maximum atomic E-state index is 11.7. The second-order valence-corrected chi connectivity index (χ2v) is 5.15. The lowest BCUT2D eigenvalue weighted by Crippen LogP contribution is -2.44. The average molecular weight is 240 g/mol. The smallest absolute Gasteiger partial charge is 0.306 e. The van der Waals surface area contributed by atoms with Crippen LogP contribution in [0.4, 0.5) is 0 Å². The lowest BCUT2D eigenvalue weighted by molar-refractivity contribution is -0.143. The molecular weight excluding hydrogens is 220 g/mol. The van der Waals surface area contributed by atoms with Gasteiger partial charge in [-0.15, -0.1) is 0 Å². The Hall–Kier alpha value is -1.10. The summed E-state index contributed by atoms with van der Waals surface area (Å²) >= 11 is 0. The van der Waals surface area contributed by atoms with Gasteiger partial charge in [-0.25, -0.2) is 0 Å². The largest absolute Gasteiger partial charge is 0.481 e. The van der Waals surface area contributed by atoms with Crippen molar-refractivity contribution in [2.75, 3.05) is 13.6 Å². The molecule has 1 atom stereocenters. The minimum atomic E-state index is -0.680. The number of likely N-dealkylation sites (N-methyl/N-ethyl adjacent to an activating group) is 1. The molecule has 0 bridgehead atoms. The second kappa shape index (κ2) is 5.04. The van der Waals surface area contributed by atoms with Crippen LogP contribution < -0.4 is 5.32 Å². The highest BCUT2D eigenvalue weighted by Crippen LogP contribution is 2.25. The highest BCUT2D eigenvalue weighted by atomic mass is 16.4. The van der Waals surface area contributed by atoms with Crippen LogP contribution in [0.25, 0.3) is 0 Å². The van der Waals surface area contributed by atoms with E-state index in [1.54, 1.807) is 4.90 Å². The molecule has 0 aromatic carbocycles. The predicted octanol–water partition coefficient (Wildman–Crippen LogP) is 0.450. The van der Waals surface area contributed by atoms with Gasteiger partial charge in [0, 0.05) is 19.6 Å². The first-order chi connectivity index (χ1) is 8.08. The van der Waals surface area contributed by atoms with Crippen LogP contribution >= 0.6 is 0 Å². The van der Waals surface area contributed by atoms with Gasteiger partial charge in [0.05, 0.1) is 12.0 Å². The fourth-order valence-corrected chi connectivity index (χ4v) is 2.77. The van der Waals surface area contributed by atoms with Crippen LogP contribution in [0, 0.1) is 5.92 Å². The summed E-state index contributed by atoms with van der Waals surface area (Å²) in [5, 5.41) is 12.3. The second-order valence-electron chi connectivity index (χ2n) is 5.15. The molecule has 17 heavy (non-hydrogen) atoms. The number of carbonyl (C=O) groups excluding carboxylic acids is 1. The number of likely N-dealkylation sites (tertiary alicyclic amines) is 1. The number of hydrogen-bond acceptors (Lipinski definition) is 3. The summed E-state index contributed by atoms with van der Waals surface area (Å²) in [6.07, 6.45) is 4.05. The maximum absolute atomic E-state index is 11.7. The molecule has 96 valence electrons. The Labute approximate surface area is 101 Å². The van der Waals surface area contributed by atoms with Crippen LogP contribution in [-0.4, -0.2) is 47.6 Å². The first-order valence-corrected chi connectivity index (χ1v) is 6.31. The summed E-state index contributed by atoms with van der Waals surface area (Å²) in [4.78, 5) is 24.3. The van der Waals surface area contributed by atoms with Crippen molar-refractivity contribution < 1.29 is 14.7 Å². The van der Waals surface area contributed by atoms with Crippen LogP contribution in [0.2, 0.25) is 0 Å². The maximum Gasteiger partial charge on any atom is 0.306 e. The quantitative estimate of drug-likeness (QED) is 0.751. The van der Waals surface area contributed by atoms with Crippen LogP contribution in [0.5, 0.6) is 0 Å². The zero-order chi connectivity index (χ0) is 12.4. The monoisotopic (exact) mass is 240 g/mol. The molecule has 1 amide bonds. The van der Waals surface area contributed by atoms with Crippen molar-refractivity contribution in [1.29, 1.82) is 0 Å². The van der Waals surface area contributed by atoms with Crippen molar-refractivity contribution in [3.05, 3.63) is 0 Å². The molecule has 1 aliphatic heterocycles. The molecule has 1 heterocycles. The van der Waals surface area contributed by atoms with Gasteiger partial charge < -0.3 is 15.3 Å². The number of nitrogens with one attached hydrogen (secondary N) is 1. The van der Waals surface area contributed by atoms with Gasteiger partial charge in [-0.05, 0) is 32.1 Å². The molecule has 0 aromatic heterocycles. The van der Waals surface area contributed by atoms with Gasteiger partial charge in [0.25, 0.3) is 0 Å². The molecule has 2 aliphatic rings. The Morgan fingerprint density at radius 1 is 1.29 bits per heavy atom. The van der Waals surface area contributed by atoms with E-state index < -0.39 is 5.97 Å². The fraction of sp³-hybridized carbons (Fsp3) is 0.833. The first kappa shape index (κ1) is 12.4. The number of amides is 1. The summed E-state index contributed by atoms with van der Waals surface area (Å²) < 4.78 is 0. The van der Waals surface area contributed by atoms with Crippen molar-refractivity contribution in [3.63, 3.8) is 0 Å². The minimum Gasteiger partial charge on any atom is -0.481 e. The SMILES string of the molecule is CN1CCC(NC2CCC(C(=O)O)CC2)C1=O. The number of carboxylic acid groups (broad SMARTS) is 1. The van der Waals surface area contributed by atoms with E-state index in [0.717, 1.165) is 38.6 Å². The molecule has 2 rings (SSSR count). The van der Waals surface area contributed by atoms with E-state index in [2.05, 4.69) is 5.32 Å². The lowest BCUT2D eigenvalue weighted by Gasteiger charge is -2.28. The summed E-state index contributed by atoms with van der Waals surface area (Å²) in [6, 6.07) is 0.262. The van der Waals surface area contributed by atoms with E-state index >= 15 is 0 Å². The Bertz CT molecular complexity index is 311. The predicted molar refractivity (Wildman–Crippen MR) is 62.6 cm³/mol. The average Bonchev–Trinajstić information content (AvgIpc) is 2.62. The summed E-state index contributed by atoms with van der Waals surface area (Å²) in [6.45, 7) is 0.820. The zero-order valence-electron chi connectivity index (χ0n) is 10.2. The van der Waals surface area contributed by atoms with Gasteiger partial charge in [0.2, 0.25) is 5.91 Å². The van der Waals surface area contributed by atoms with Crippen LogP contribution in [0.15, 0.2) is 0 Å². The number of carbonyl (C=O) groups is 2. The number of rotatable bonds is 3. The number of carboxylic acids is 1. The van der Waals surface area contributed by atoms with Gasteiger partial charge in [0.1, 0.15) is 0 Å². The molecule has 5 heteroatoms. The topological polar surface area (TPSA) is 69.6 Å². The number of nitrogens with zero attached hydrogens (tertiary/aromatic N) is 1. The molecule has 1 unspecified atom stereocenters.